The number of hydrogen-bond acceptors (Lipinski definition) is 4. The first-order valence-corrected chi connectivity index (χ1v) is 12.4. The standard InChI is InChI=1S/C25H18Br2Cl2N2O3/c1-2-33-23-12-16(9-17(13-30)25(32)31-19-6-4-18(26)5-7-19)10-20(27)24(23)34-14-15-3-8-21(28)22(29)11-15/h3-12H,2,14H2,1H3,(H,31,32)/b17-9+. The van der Waals surface area contributed by atoms with Gasteiger partial charge in [-0.25, -0.2) is 0 Å². The molecule has 1 amide bonds. The van der Waals surface area contributed by atoms with E-state index in [1.807, 2.05) is 19.1 Å². The Labute approximate surface area is 224 Å². The van der Waals surface area contributed by atoms with E-state index in [0.717, 1.165) is 10.0 Å². The number of benzene rings is 3. The summed E-state index contributed by atoms with van der Waals surface area (Å²) in [7, 11) is 0. The first kappa shape index (κ1) is 26.1. The number of nitriles is 1. The van der Waals surface area contributed by atoms with E-state index in [4.69, 9.17) is 32.7 Å². The van der Waals surface area contributed by atoms with Gasteiger partial charge in [-0.05, 0) is 88.6 Å². The summed E-state index contributed by atoms with van der Waals surface area (Å²) in [6, 6.07) is 17.7. The Bertz CT molecular complexity index is 1270. The number of nitrogens with one attached hydrogen (secondary N) is 1. The van der Waals surface area contributed by atoms with Crippen LogP contribution in [0, 0.1) is 11.3 Å². The van der Waals surface area contributed by atoms with Crippen molar-refractivity contribution in [1.82, 2.24) is 0 Å². The highest BCUT2D eigenvalue weighted by Crippen LogP contribution is 2.38. The summed E-state index contributed by atoms with van der Waals surface area (Å²) in [6.07, 6.45) is 1.49. The molecule has 0 spiro atoms. The summed E-state index contributed by atoms with van der Waals surface area (Å²) in [5.74, 6) is 0.440. The van der Waals surface area contributed by atoms with Crippen molar-refractivity contribution in [2.75, 3.05) is 11.9 Å². The van der Waals surface area contributed by atoms with Crippen LogP contribution >= 0.6 is 55.1 Å². The minimum absolute atomic E-state index is 0.0539. The zero-order valence-corrected chi connectivity index (χ0v) is 22.6. The van der Waals surface area contributed by atoms with Crippen molar-refractivity contribution in [3.8, 4) is 17.6 Å². The Hall–Kier alpha value is -2.50. The van der Waals surface area contributed by atoms with Crippen LogP contribution in [0.2, 0.25) is 10.0 Å². The van der Waals surface area contributed by atoms with E-state index >= 15 is 0 Å². The van der Waals surface area contributed by atoms with Crippen molar-refractivity contribution in [2.45, 2.75) is 13.5 Å². The lowest BCUT2D eigenvalue weighted by atomic mass is 10.1. The number of ether oxygens (including phenoxy) is 2. The molecule has 0 heterocycles. The number of halogens is 4. The van der Waals surface area contributed by atoms with Gasteiger partial charge in [-0.2, -0.15) is 5.26 Å². The number of carbonyl (C=O) groups is 1. The number of rotatable bonds is 8. The highest BCUT2D eigenvalue weighted by Gasteiger charge is 2.15. The average Bonchev–Trinajstić information content (AvgIpc) is 2.80. The predicted molar refractivity (Wildman–Crippen MR) is 142 cm³/mol. The Kier molecular flexibility index (Phi) is 9.43. The summed E-state index contributed by atoms with van der Waals surface area (Å²) in [5, 5.41) is 13.2. The van der Waals surface area contributed by atoms with Gasteiger partial charge in [-0.1, -0.05) is 45.2 Å². The molecule has 0 bridgehead atoms. The molecule has 3 aromatic rings. The Morgan fingerprint density at radius 1 is 1.06 bits per heavy atom. The molecule has 0 aromatic heterocycles. The molecule has 0 radical (unpaired) electrons. The number of carbonyl (C=O) groups excluding carboxylic acids is 1. The lowest BCUT2D eigenvalue weighted by molar-refractivity contribution is -0.112. The van der Waals surface area contributed by atoms with E-state index < -0.39 is 5.91 Å². The van der Waals surface area contributed by atoms with Crippen molar-refractivity contribution < 1.29 is 14.3 Å². The van der Waals surface area contributed by atoms with Gasteiger partial charge in [0.2, 0.25) is 0 Å². The van der Waals surface area contributed by atoms with Gasteiger partial charge in [0, 0.05) is 10.2 Å². The summed E-state index contributed by atoms with van der Waals surface area (Å²) in [5.41, 5.74) is 1.96. The van der Waals surface area contributed by atoms with Crippen LogP contribution < -0.4 is 14.8 Å². The molecule has 0 aliphatic heterocycles. The molecule has 3 rings (SSSR count). The van der Waals surface area contributed by atoms with Crippen LogP contribution in [0.1, 0.15) is 18.1 Å². The molecule has 34 heavy (non-hydrogen) atoms. The highest BCUT2D eigenvalue weighted by atomic mass is 79.9. The largest absolute Gasteiger partial charge is 0.490 e. The lowest BCUT2D eigenvalue weighted by Gasteiger charge is -2.15. The predicted octanol–water partition coefficient (Wildman–Crippen LogP) is 8.04. The second-order valence-corrected chi connectivity index (χ2v) is 9.52. The maximum Gasteiger partial charge on any atom is 0.266 e. The fourth-order valence-corrected chi connectivity index (χ4v) is 4.07. The van der Waals surface area contributed by atoms with E-state index in [1.165, 1.54) is 6.08 Å². The highest BCUT2D eigenvalue weighted by molar-refractivity contribution is 9.10. The van der Waals surface area contributed by atoms with E-state index in [1.54, 1.807) is 48.5 Å². The minimum atomic E-state index is -0.515. The second kappa shape index (κ2) is 12.3. The van der Waals surface area contributed by atoms with Crippen molar-refractivity contribution in [3.05, 3.63) is 90.3 Å². The van der Waals surface area contributed by atoms with E-state index in [9.17, 15) is 10.1 Å². The Morgan fingerprint density at radius 2 is 1.79 bits per heavy atom. The maximum atomic E-state index is 12.6. The van der Waals surface area contributed by atoms with Gasteiger partial charge in [0.05, 0.1) is 21.1 Å². The molecule has 0 atom stereocenters. The van der Waals surface area contributed by atoms with Gasteiger partial charge in [-0.15, -0.1) is 0 Å². The van der Waals surface area contributed by atoms with Crippen molar-refractivity contribution in [2.24, 2.45) is 0 Å². The zero-order valence-electron chi connectivity index (χ0n) is 17.9. The fraction of sp³-hybridized carbons (Fsp3) is 0.120. The number of anilines is 1. The average molecular weight is 625 g/mol. The first-order chi connectivity index (χ1) is 16.3. The quantitative estimate of drug-likeness (QED) is 0.203. The smallest absolute Gasteiger partial charge is 0.266 e. The molecular formula is C25H18Br2Cl2N2O3. The van der Waals surface area contributed by atoms with Crippen LogP contribution in [0.15, 0.2) is 69.1 Å². The third-order valence-corrected chi connectivity index (χ3v) is 6.33. The van der Waals surface area contributed by atoms with Crippen molar-refractivity contribution >= 4 is 72.7 Å². The van der Waals surface area contributed by atoms with E-state index in [-0.39, 0.29) is 12.2 Å². The minimum Gasteiger partial charge on any atom is -0.490 e. The third kappa shape index (κ3) is 7.00. The molecule has 0 aliphatic rings. The molecule has 3 aromatic carbocycles. The molecule has 174 valence electrons. The molecule has 0 saturated heterocycles. The monoisotopic (exact) mass is 622 g/mol. The lowest BCUT2D eigenvalue weighted by Crippen LogP contribution is -2.13. The molecule has 1 N–H and O–H groups in total. The molecule has 5 nitrogen and oxygen atoms in total. The summed E-state index contributed by atoms with van der Waals surface area (Å²) in [4.78, 5) is 12.6. The third-order valence-electron chi connectivity index (χ3n) is 4.48. The molecule has 0 unspecified atom stereocenters. The molecule has 0 aliphatic carbocycles. The van der Waals surface area contributed by atoms with Crippen LogP contribution in [0.25, 0.3) is 6.08 Å². The van der Waals surface area contributed by atoms with Gasteiger partial charge in [0.25, 0.3) is 5.91 Å². The van der Waals surface area contributed by atoms with Gasteiger partial charge >= 0.3 is 0 Å². The summed E-state index contributed by atoms with van der Waals surface area (Å²) in [6.45, 7) is 2.49. The van der Waals surface area contributed by atoms with Crippen LogP contribution in [-0.4, -0.2) is 12.5 Å². The van der Waals surface area contributed by atoms with Crippen LogP contribution in [0.5, 0.6) is 11.5 Å². The Balaban J connectivity index is 1.84. The topological polar surface area (TPSA) is 71.3 Å². The van der Waals surface area contributed by atoms with Gasteiger partial charge in [-0.3, -0.25) is 4.79 Å². The van der Waals surface area contributed by atoms with Crippen LogP contribution in [0.3, 0.4) is 0 Å². The van der Waals surface area contributed by atoms with Crippen molar-refractivity contribution in [3.63, 3.8) is 0 Å². The van der Waals surface area contributed by atoms with Crippen molar-refractivity contribution in [1.29, 1.82) is 5.26 Å². The molecule has 0 saturated carbocycles. The maximum absolute atomic E-state index is 12.6. The molecule has 9 heteroatoms. The normalized spacial score (nSPS) is 11.0. The van der Waals surface area contributed by atoms with Crippen LogP contribution in [0.4, 0.5) is 5.69 Å². The fourth-order valence-electron chi connectivity index (χ4n) is 2.91. The zero-order chi connectivity index (χ0) is 24.7. The number of hydrogen-bond donors (Lipinski definition) is 1. The number of nitrogens with zero attached hydrogens (tertiary/aromatic N) is 1. The summed E-state index contributed by atoms with van der Waals surface area (Å²) < 4.78 is 13.2. The van der Waals surface area contributed by atoms with Crippen LogP contribution in [-0.2, 0) is 11.4 Å². The molecular weight excluding hydrogens is 607 g/mol. The van der Waals surface area contributed by atoms with Gasteiger partial charge in [0.15, 0.2) is 11.5 Å². The van der Waals surface area contributed by atoms with Gasteiger partial charge in [0.1, 0.15) is 18.2 Å². The van der Waals surface area contributed by atoms with E-state index in [0.29, 0.717) is 43.9 Å². The summed E-state index contributed by atoms with van der Waals surface area (Å²) >= 11 is 18.9. The first-order valence-electron chi connectivity index (χ1n) is 10.0. The second-order valence-electron chi connectivity index (χ2n) is 6.93. The Morgan fingerprint density at radius 3 is 2.44 bits per heavy atom. The SMILES string of the molecule is CCOc1cc(/C=C(\C#N)C(=O)Nc2ccc(Br)cc2)cc(Br)c1OCc1ccc(Cl)c(Cl)c1. The van der Waals surface area contributed by atoms with Gasteiger partial charge < -0.3 is 14.8 Å². The molecule has 0 fully saturated rings. The van der Waals surface area contributed by atoms with E-state index in [2.05, 4.69) is 37.2 Å². The number of amides is 1.